The first-order chi connectivity index (χ1) is 10.9. The molecule has 0 saturated carbocycles. The lowest BCUT2D eigenvalue weighted by atomic mass is 10.1. The van der Waals surface area contributed by atoms with Crippen LogP contribution in [0.1, 0.15) is 16.1 Å². The standard InChI is InChI=1S/C16H12N2O3S2/c1-10-3-5-13(7-11(10)2)23(19,20)21-12-4-6-14-15(8-12)22-16(9-17)18-14/h3-8H,1-2H3. The maximum atomic E-state index is 12.4. The molecule has 116 valence electrons. The lowest BCUT2D eigenvalue weighted by Gasteiger charge is -2.08. The Labute approximate surface area is 137 Å². The Balaban J connectivity index is 1.96. The molecule has 0 fully saturated rings. The summed E-state index contributed by atoms with van der Waals surface area (Å²) in [6, 6.07) is 11.6. The first-order valence-electron chi connectivity index (χ1n) is 6.71. The fourth-order valence-electron chi connectivity index (χ4n) is 2.05. The number of thiazole rings is 1. The highest BCUT2D eigenvalue weighted by atomic mass is 32.2. The Hall–Kier alpha value is -2.43. The van der Waals surface area contributed by atoms with E-state index in [4.69, 9.17) is 9.44 Å². The van der Waals surface area contributed by atoms with Gasteiger partial charge in [0.25, 0.3) is 0 Å². The van der Waals surface area contributed by atoms with E-state index in [1.54, 1.807) is 24.3 Å². The Morgan fingerprint density at radius 2 is 1.91 bits per heavy atom. The Morgan fingerprint density at radius 1 is 1.13 bits per heavy atom. The van der Waals surface area contributed by atoms with Crippen molar-refractivity contribution in [1.29, 1.82) is 5.26 Å². The van der Waals surface area contributed by atoms with Gasteiger partial charge in [-0.25, -0.2) is 4.98 Å². The average Bonchev–Trinajstić information content (AvgIpc) is 2.91. The lowest BCUT2D eigenvalue weighted by molar-refractivity contribution is 0.486. The van der Waals surface area contributed by atoms with Crippen molar-refractivity contribution in [3.05, 3.63) is 52.5 Å². The van der Waals surface area contributed by atoms with Crippen molar-refractivity contribution >= 4 is 31.7 Å². The normalized spacial score (nSPS) is 11.3. The molecule has 5 nitrogen and oxygen atoms in total. The number of benzene rings is 2. The Kier molecular flexibility index (Phi) is 3.80. The van der Waals surface area contributed by atoms with Gasteiger partial charge in [0.05, 0.1) is 10.2 Å². The quantitative estimate of drug-likeness (QED) is 0.679. The molecule has 7 heteroatoms. The molecule has 0 amide bonds. The van der Waals surface area contributed by atoms with Crippen LogP contribution >= 0.6 is 11.3 Å². The smallest absolute Gasteiger partial charge is 0.339 e. The van der Waals surface area contributed by atoms with E-state index in [0.717, 1.165) is 11.1 Å². The second-order valence-corrected chi connectivity index (χ2v) is 7.62. The van der Waals surface area contributed by atoms with Gasteiger partial charge in [-0.15, -0.1) is 11.3 Å². The van der Waals surface area contributed by atoms with Crippen LogP contribution in [0.25, 0.3) is 10.2 Å². The summed E-state index contributed by atoms with van der Waals surface area (Å²) in [6.45, 7) is 3.76. The summed E-state index contributed by atoms with van der Waals surface area (Å²) in [4.78, 5) is 4.21. The van der Waals surface area contributed by atoms with Gasteiger partial charge in [-0.2, -0.15) is 13.7 Å². The van der Waals surface area contributed by atoms with Crippen molar-refractivity contribution in [2.24, 2.45) is 0 Å². The van der Waals surface area contributed by atoms with E-state index in [0.29, 0.717) is 15.2 Å². The van der Waals surface area contributed by atoms with E-state index < -0.39 is 10.1 Å². The van der Waals surface area contributed by atoms with Crippen molar-refractivity contribution < 1.29 is 12.6 Å². The monoisotopic (exact) mass is 344 g/mol. The summed E-state index contributed by atoms with van der Waals surface area (Å²) < 4.78 is 30.7. The minimum absolute atomic E-state index is 0.114. The van der Waals surface area contributed by atoms with Crippen LogP contribution in [0, 0.1) is 25.2 Å². The van der Waals surface area contributed by atoms with Crippen LogP contribution in [0.4, 0.5) is 0 Å². The molecule has 3 rings (SSSR count). The Morgan fingerprint density at radius 3 is 2.61 bits per heavy atom. The van der Waals surface area contributed by atoms with Crippen LogP contribution in [-0.2, 0) is 10.1 Å². The maximum absolute atomic E-state index is 12.4. The summed E-state index contributed by atoms with van der Waals surface area (Å²) in [7, 11) is -3.90. The summed E-state index contributed by atoms with van der Waals surface area (Å²) in [5.74, 6) is 0.198. The summed E-state index contributed by atoms with van der Waals surface area (Å²) in [5, 5.41) is 9.19. The van der Waals surface area contributed by atoms with Gasteiger partial charge in [0.2, 0.25) is 0 Å². The topological polar surface area (TPSA) is 80.1 Å². The maximum Gasteiger partial charge on any atom is 0.339 e. The number of hydrogen-bond acceptors (Lipinski definition) is 6. The number of rotatable bonds is 3. The molecule has 0 radical (unpaired) electrons. The van der Waals surface area contributed by atoms with E-state index >= 15 is 0 Å². The number of hydrogen-bond donors (Lipinski definition) is 0. The van der Waals surface area contributed by atoms with E-state index in [2.05, 4.69) is 4.98 Å². The first kappa shape index (κ1) is 15.5. The van der Waals surface area contributed by atoms with E-state index in [-0.39, 0.29) is 10.6 Å². The van der Waals surface area contributed by atoms with Crippen molar-refractivity contribution in [3.63, 3.8) is 0 Å². The largest absolute Gasteiger partial charge is 0.379 e. The summed E-state index contributed by atoms with van der Waals surface area (Å²) in [6.07, 6.45) is 0. The summed E-state index contributed by atoms with van der Waals surface area (Å²) in [5.41, 5.74) is 2.53. The van der Waals surface area contributed by atoms with E-state index in [9.17, 15) is 8.42 Å². The van der Waals surface area contributed by atoms with Crippen molar-refractivity contribution in [2.75, 3.05) is 0 Å². The highest BCUT2D eigenvalue weighted by molar-refractivity contribution is 7.87. The molecule has 0 bridgehead atoms. The van der Waals surface area contributed by atoms with E-state index in [1.807, 2.05) is 19.9 Å². The molecule has 0 saturated heterocycles. The van der Waals surface area contributed by atoms with Crippen molar-refractivity contribution in [1.82, 2.24) is 4.98 Å². The van der Waals surface area contributed by atoms with Gasteiger partial charge in [0.15, 0.2) is 5.01 Å². The molecule has 0 N–H and O–H groups in total. The van der Waals surface area contributed by atoms with Crippen LogP contribution in [0.3, 0.4) is 0 Å². The number of nitrogens with zero attached hydrogens (tertiary/aromatic N) is 2. The van der Waals surface area contributed by atoms with Gasteiger partial charge in [0.1, 0.15) is 16.7 Å². The zero-order valence-corrected chi connectivity index (χ0v) is 14.0. The zero-order valence-electron chi connectivity index (χ0n) is 12.4. The number of aryl methyl sites for hydroxylation is 2. The second kappa shape index (κ2) is 5.65. The van der Waals surface area contributed by atoms with Gasteiger partial charge in [-0.05, 0) is 49.2 Å². The van der Waals surface area contributed by atoms with Crippen LogP contribution in [0.15, 0.2) is 41.3 Å². The van der Waals surface area contributed by atoms with Crippen LogP contribution in [0.5, 0.6) is 5.75 Å². The third-order valence-corrected chi connectivity index (χ3v) is 5.59. The molecule has 1 heterocycles. The predicted molar refractivity (Wildman–Crippen MR) is 88.1 cm³/mol. The number of nitriles is 1. The van der Waals surface area contributed by atoms with Gasteiger partial charge >= 0.3 is 10.1 Å². The number of fused-ring (bicyclic) bond motifs is 1. The van der Waals surface area contributed by atoms with Gasteiger partial charge in [-0.1, -0.05) is 6.07 Å². The minimum atomic E-state index is -3.90. The fraction of sp³-hybridized carbons (Fsp3) is 0.125. The minimum Gasteiger partial charge on any atom is -0.379 e. The molecule has 0 unspecified atom stereocenters. The summed E-state index contributed by atoms with van der Waals surface area (Å²) >= 11 is 1.19. The molecule has 0 aliphatic rings. The van der Waals surface area contributed by atoms with Crippen LogP contribution in [-0.4, -0.2) is 13.4 Å². The van der Waals surface area contributed by atoms with E-state index in [1.165, 1.54) is 23.5 Å². The zero-order chi connectivity index (χ0) is 16.6. The average molecular weight is 344 g/mol. The number of aromatic nitrogens is 1. The van der Waals surface area contributed by atoms with Gasteiger partial charge in [-0.3, -0.25) is 0 Å². The van der Waals surface area contributed by atoms with Crippen LogP contribution in [0.2, 0.25) is 0 Å². The molecule has 0 aliphatic carbocycles. The van der Waals surface area contributed by atoms with Crippen molar-refractivity contribution in [2.45, 2.75) is 18.7 Å². The molecule has 1 aromatic heterocycles. The SMILES string of the molecule is Cc1ccc(S(=O)(=O)Oc2ccc3nc(C#N)sc3c2)cc1C. The highest BCUT2D eigenvalue weighted by Crippen LogP contribution is 2.28. The highest BCUT2D eigenvalue weighted by Gasteiger charge is 2.18. The molecule has 3 aromatic rings. The fourth-order valence-corrected chi connectivity index (χ4v) is 3.85. The molecule has 23 heavy (non-hydrogen) atoms. The first-order valence-corrected chi connectivity index (χ1v) is 8.94. The predicted octanol–water partition coefficient (Wildman–Crippen LogP) is 3.55. The molecular weight excluding hydrogens is 332 g/mol. The molecule has 2 aromatic carbocycles. The van der Waals surface area contributed by atoms with Gasteiger partial charge < -0.3 is 4.18 Å². The van der Waals surface area contributed by atoms with Crippen molar-refractivity contribution in [3.8, 4) is 11.8 Å². The third-order valence-electron chi connectivity index (χ3n) is 3.43. The molecule has 0 spiro atoms. The molecule has 0 atom stereocenters. The molecular formula is C16H12N2O3S2. The third kappa shape index (κ3) is 3.04. The van der Waals surface area contributed by atoms with Gasteiger partial charge in [0, 0.05) is 6.07 Å². The lowest BCUT2D eigenvalue weighted by Crippen LogP contribution is -2.10. The Bertz CT molecular complexity index is 1050. The van der Waals surface area contributed by atoms with Crippen LogP contribution < -0.4 is 4.18 Å². The second-order valence-electron chi connectivity index (χ2n) is 5.04. The molecule has 0 aliphatic heterocycles.